The van der Waals surface area contributed by atoms with Crippen LogP contribution >= 0.6 is 0 Å². The average Bonchev–Trinajstić information content (AvgIpc) is 2.79. The van der Waals surface area contributed by atoms with Gasteiger partial charge in [-0.15, -0.1) is 0 Å². The molecule has 1 atom stereocenters. The first-order chi connectivity index (χ1) is 10.1. The van der Waals surface area contributed by atoms with Crippen LogP contribution in [0.1, 0.15) is 45.4 Å². The van der Waals surface area contributed by atoms with Crippen LogP contribution in [0.25, 0.3) is 0 Å². The molecule has 0 bridgehead atoms. The van der Waals surface area contributed by atoms with Crippen LogP contribution in [0.4, 0.5) is 0 Å². The van der Waals surface area contributed by atoms with Gasteiger partial charge in [-0.2, -0.15) is 0 Å². The lowest BCUT2D eigenvalue weighted by Crippen LogP contribution is -2.40. The third-order valence-corrected chi connectivity index (χ3v) is 6.52. The largest absolute Gasteiger partial charge is 0.317 e. The van der Waals surface area contributed by atoms with Crippen molar-refractivity contribution in [1.82, 2.24) is 14.5 Å². The summed E-state index contributed by atoms with van der Waals surface area (Å²) in [6.07, 6.45) is 6.21. The molecule has 2 aliphatic heterocycles. The molecule has 0 aromatic carbocycles. The predicted octanol–water partition coefficient (Wildman–Crippen LogP) is 1.27. The highest BCUT2D eigenvalue weighted by Crippen LogP contribution is 2.23. The van der Waals surface area contributed by atoms with E-state index >= 15 is 0 Å². The summed E-state index contributed by atoms with van der Waals surface area (Å²) in [4.78, 5) is 2.48. The number of nitrogens with zero attached hydrogens (tertiary/aromatic N) is 2. The Morgan fingerprint density at radius 2 is 1.90 bits per heavy atom. The fraction of sp³-hybridized carbons (Fsp3) is 1.00. The maximum atomic E-state index is 12.5. The molecule has 2 saturated heterocycles. The molecule has 5 nitrogen and oxygen atoms in total. The summed E-state index contributed by atoms with van der Waals surface area (Å²) >= 11 is 0. The first kappa shape index (κ1) is 17.2. The highest BCUT2D eigenvalue weighted by atomic mass is 32.2. The monoisotopic (exact) mass is 317 g/mol. The van der Waals surface area contributed by atoms with Crippen molar-refractivity contribution >= 4 is 10.0 Å². The smallest absolute Gasteiger partial charge is 0.214 e. The molecule has 0 spiro atoms. The Bertz CT molecular complexity index is 400. The van der Waals surface area contributed by atoms with Crippen LogP contribution in [-0.4, -0.2) is 68.7 Å². The summed E-state index contributed by atoms with van der Waals surface area (Å²) in [6, 6.07) is 0.466. The molecule has 1 unspecified atom stereocenters. The highest BCUT2D eigenvalue weighted by Gasteiger charge is 2.33. The fourth-order valence-electron chi connectivity index (χ4n) is 3.39. The minimum Gasteiger partial charge on any atom is -0.317 e. The number of hydrogen-bond donors (Lipinski definition) is 1. The number of nitrogens with one attached hydrogen (secondary N) is 1. The molecule has 2 rings (SSSR count). The zero-order valence-electron chi connectivity index (χ0n) is 13.4. The van der Waals surface area contributed by atoms with Crippen molar-refractivity contribution in [1.29, 1.82) is 0 Å². The Morgan fingerprint density at radius 3 is 2.71 bits per heavy atom. The maximum absolute atomic E-state index is 12.5. The van der Waals surface area contributed by atoms with Gasteiger partial charge < -0.3 is 5.32 Å². The molecular weight excluding hydrogens is 286 g/mol. The quantitative estimate of drug-likeness (QED) is 0.685. The second kappa shape index (κ2) is 8.46. The van der Waals surface area contributed by atoms with Crippen molar-refractivity contribution in [2.24, 2.45) is 0 Å². The van der Waals surface area contributed by atoms with Gasteiger partial charge in [0.1, 0.15) is 0 Å². The average molecular weight is 317 g/mol. The van der Waals surface area contributed by atoms with E-state index in [1.54, 1.807) is 4.31 Å². The van der Waals surface area contributed by atoms with E-state index in [0.29, 0.717) is 18.3 Å². The summed E-state index contributed by atoms with van der Waals surface area (Å²) < 4.78 is 26.8. The van der Waals surface area contributed by atoms with Crippen molar-refractivity contribution < 1.29 is 8.42 Å². The Balaban J connectivity index is 1.75. The van der Waals surface area contributed by atoms with Gasteiger partial charge in [0.25, 0.3) is 0 Å². The summed E-state index contributed by atoms with van der Waals surface area (Å²) in [6.45, 7) is 7.75. The summed E-state index contributed by atoms with van der Waals surface area (Å²) in [5.74, 6) is 0.313. The molecule has 21 heavy (non-hydrogen) atoms. The van der Waals surface area contributed by atoms with Gasteiger partial charge in [-0.3, -0.25) is 4.90 Å². The van der Waals surface area contributed by atoms with Crippen molar-refractivity contribution in [2.45, 2.75) is 51.5 Å². The molecule has 0 saturated carbocycles. The molecule has 2 aliphatic rings. The lowest BCUT2D eigenvalue weighted by molar-refractivity contribution is 0.257. The fourth-order valence-corrected chi connectivity index (χ4v) is 5.02. The number of hydrogen-bond acceptors (Lipinski definition) is 4. The Hall–Kier alpha value is -0.170. The van der Waals surface area contributed by atoms with E-state index in [4.69, 9.17) is 0 Å². The van der Waals surface area contributed by atoms with Gasteiger partial charge in [0.15, 0.2) is 0 Å². The molecule has 0 aromatic heterocycles. The van der Waals surface area contributed by atoms with E-state index in [-0.39, 0.29) is 0 Å². The van der Waals surface area contributed by atoms with Crippen LogP contribution in [0.5, 0.6) is 0 Å². The third-order valence-electron chi connectivity index (χ3n) is 4.59. The summed E-state index contributed by atoms with van der Waals surface area (Å²) in [5, 5.41) is 3.33. The molecule has 0 radical (unpaired) electrons. The normalized spacial score (nSPS) is 24.9. The lowest BCUT2D eigenvalue weighted by Gasteiger charge is -2.25. The lowest BCUT2D eigenvalue weighted by atomic mass is 10.2. The number of unbranched alkanes of at least 4 members (excludes halogenated alkanes) is 1. The molecule has 2 fully saturated rings. The summed E-state index contributed by atoms with van der Waals surface area (Å²) in [7, 11) is -3.06. The van der Waals surface area contributed by atoms with Crippen molar-refractivity contribution in [3.8, 4) is 0 Å². The van der Waals surface area contributed by atoms with Crippen LogP contribution in [0.3, 0.4) is 0 Å². The van der Waals surface area contributed by atoms with Crippen molar-refractivity contribution in [3.05, 3.63) is 0 Å². The molecule has 124 valence electrons. The second-order valence-electron chi connectivity index (χ2n) is 6.32. The van der Waals surface area contributed by atoms with Crippen molar-refractivity contribution in [2.75, 3.05) is 45.0 Å². The van der Waals surface area contributed by atoms with Gasteiger partial charge in [0, 0.05) is 19.1 Å². The van der Waals surface area contributed by atoms with E-state index in [2.05, 4.69) is 17.1 Å². The first-order valence-electron chi connectivity index (χ1n) is 8.56. The van der Waals surface area contributed by atoms with Crippen LogP contribution in [0, 0.1) is 0 Å². The Kier molecular flexibility index (Phi) is 6.92. The van der Waals surface area contributed by atoms with Gasteiger partial charge in [-0.1, -0.05) is 6.92 Å². The summed E-state index contributed by atoms with van der Waals surface area (Å²) in [5.41, 5.74) is 0. The third kappa shape index (κ3) is 5.20. The van der Waals surface area contributed by atoms with Crippen LogP contribution in [0.15, 0.2) is 0 Å². The minimum atomic E-state index is -3.06. The van der Waals surface area contributed by atoms with E-state index in [1.165, 1.54) is 6.42 Å². The molecular formula is C15H31N3O2S. The number of rotatable bonds is 8. The topological polar surface area (TPSA) is 52.7 Å². The van der Waals surface area contributed by atoms with Crippen LogP contribution < -0.4 is 5.32 Å². The van der Waals surface area contributed by atoms with Gasteiger partial charge in [0.05, 0.1) is 5.75 Å². The molecule has 6 heteroatoms. The zero-order chi connectivity index (χ0) is 15.1. The van der Waals surface area contributed by atoms with E-state index in [1.807, 2.05) is 0 Å². The van der Waals surface area contributed by atoms with Crippen LogP contribution in [-0.2, 0) is 10.0 Å². The molecule has 0 aromatic rings. The SMILES string of the molecule is CCCNCCCCS(=O)(=O)N1CCCN2CCCC2C1. The molecule has 2 heterocycles. The standard InChI is InChI=1S/C15H31N3O2S/c1-2-8-16-9-3-4-13-21(19,20)18-12-6-11-17-10-5-7-15(17)14-18/h15-16H,2-14H2,1H3. The zero-order valence-corrected chi connectivity index (χ0v) is 14.2. The van der Waals surface area contributed by atoms with Crippen LogP contribution in [0.2, 0.25) is 0 Å². The minimum absolute atomic E-state index is 0.313. The highest BCUT2D eigenvalue weighted by molar-refractivity contribution is 7.89. The maximum Gasteiger partial charge on any atom is 0.214 e. The van der Waals surface area contributed by atoms with Gasteiger partial charge in [-0.25, -0.2) is 12.7 Å². The van der Waals surface area contributed by atoms with E-state index in [0.717, 1.165) is 64.8 Å². The van der Waals surface area contributed by atoms with E-state index in [9.17, 15) is 8.42 Å². The Morgan fingerprint density at radius 1 is 1.10 bits per heavy atom. The van der Waals surface area contributed by atoms with Crippen molar-refractivity contribution in [3.63, 3.8) is 0 Å². The van der Waals surface area contributed by atoms with Gasteiger partial charge >= 0.3 is 0 Å². The second-order valence-corrected chi connectivity index (χ2v) is 8.41. The molecule has 0 aliphatic carbocycles. The van der Waals surface area contributed by atoms with Gasteiger partial charge in [0.2, 0.25) is 10.0 Å². The number of sulfonamides is 1. The van der Waals surface area contributed by atoms with Gasteiger partial charge in [-0.05, 0) is 64.7 Å². The predicted molar refractivity (Wildman–Crippen MR) is 87.0 cm³/mol. The number of fused-ring (bicyclic) bond motifs is 1. The first-order valence-corrected chi connectivity index (χ1v) is 10.2. The van der Waals surface area contributed by atoms with E-state index < -0.39 is 10.0 Å². The Labute approximate surface area is 130 Å². The molecule has 1 N–H and O–H groups in total. The molecule has 0 amide bonds.